The average Bonchev–Trinajstić information content (AvgIpc) is 3.19. The van der Waals surface area contributed by atoms with Crippen molar-refractivity contribution in [2.24, 2.45) is 5.73 Å². The van der Waals surface area contributed by atoms with Crippen molar-refractivity contribution in [3.8, 4) is 22.8 Å². The maximum absolute atomic E-state index is 13.3. The Balaban J connectivity index is 1.41. The van der Waals surface area contributed by atoms with Crippen molar-refractivity contribution >= 4 is 27.5 Å². The van der Waals surface area contributed by atoms with Crippen LogP contribution in [0, 0.1) is 5.82 Å². The highest BCUT2D eigenvalue weighted by atomic mass is 32.1. The van der Waals surface area contributed by atoms with E-state index in [1.54, 1.807) is 36.4 Å². The maximum Gasteiger partial charge on any atom is 0.248 e. The topological polar surface area (TPSA) is 87.3 Å². The van der Waals surface area contributed by atoms with Crippen LogP contribution in [-0.2, 0) is 0 Å². The largest absolute Gasteiger partial charge is 0.493 e. The Labute approximate surface area is 176 Å². The Bertz CT molecular complexity index is 1180. The van der Waals surface area contributed by atoms with Crippen molar-refractivity contribution in [3.63, 3.8) is 0 Å². The van der Waals surface area contributed by atoms with Crippen LogP contribution in [0.25, 0.3) is 21.3 Å². The minimum atomic E-state index is -0.496. The van der Waals surface area contributed by atoms with Crippen LogP contribution in [0.2, 0.25) is 0 Å². The molecule has 2 N–H and O–H groups in total. The second-order valence-corrected chi connectivity index (χ2v) is 7.32. The standard InChI is InChI=1S/C22H18FN3O3S/c23-16-7-5-14(6-8-16)18-12-30-22-19(18)21(25-13-26-22)29-10-2-9-28-17-4-1-3-15(11-17)20(24)27/h1,3-8,11-13H,2,9-10H2,(H2,24,27). The first-order valence-electron chi connectivity index (χ1n) is 9.25. The number of primary amides is 1. The molecule has 0 radical (unpaired) electrons. The van der Waals surface area contributed by atoms with E-state index in [9.17, 15) is 9.18 Å². The molecule has 1 amide bonds. The lowest BCUT2D eigenvalue weighted by atomic mass is 10.1. The summed E-state index contributed by atoms with van der Waals surface area (Å²) in [4.78, 5) is 20.6. The van der Waals surface area contributed by atoms with E-state index in [4.69, 9.17) is 15.2 Å². The van der Waals surface area contributed by atoms with Gasteiger partial charge in [-0.2, -0.15) is 0 Å². The molecule has 0 aliphatic heterocycles. The highest BCUT2D eigenvalue weighted by molar-refractivity contribution is 7.17. The lowest BCUT2D eigenvalue weighted by Crippen LogP contribution is -2.11. The molecule has 4 aromatic rings. The van der Waals surface area contributed by atoms with Crippen molar-refractivity contribution in [1.82, 2.24) is 9.97 Å². The number of carbonyl (C=O) groups is 1. The van der Waals surface area contributed by atoms with E-state index in [-0.39, 0.29) is 5.82 Å². The number of amides is 1. The molecular formula is C22H18FN3O3S. The van der Waals surface area contributed by atoms with Gasteiger partial charge in [0.25, 0.3) is 0 Å². The van der Waals surface area contributed by atoms with Crippen LogP contribution in [0.4, 0.5) is 4.39 Å². The SMILES string of the molecule is NC(=O)c1cccc(OCCCOc2ncnc3scc(-c4ccc(F)cc4)c23)c1. The summed E-state index contributed by atoms with van der Waals surface area (Å²) in [6, 6.07) is 13.0. The number of aromatic nitrogens is 2. The van der Waals surface area contributed by atoms with Gasteiger partial charge in [-0.05, 0) is 35.9 Å². The van der Waals surface area contributed by atoms with E-state index in [0.717, 1.165) is 21.3 Å². The van der Waals surface area contributed by atoms with Gasteiger partial charge >= 0.3 is 0 Å². The maximum atomic E-state index is 13.3. The number of nitrogens with two attached hydrogens (primary N) is 1. The fourth-order valence-electron chi connectivity index (χ4n) is 2.96. The molecule has 0 saturated carbocycles. The zero-order chi connectivity index (χ0) is 20.9. The highest BCUT2D eigenvalue weighted by Crippen LogP contribution is 2.37. The van der Waals surface area contributed by atoms with Crippen LogP contribution in [0.5, 0.6) is 11.6 Å². The van der Waals surface area contributed by atoms with E-state index in [1.807, 2.05) is 5.38 Å². The molecule has 0 spiro atoms. The Kier molecular flexibility index (Phi) is 5.85. The molecule has 0 aliphatic rings. The van der Waals surface area contributed by atoms with Gasteiger partial charge in [0.2, 0.25) is 11.8 Å². The molecule has 6 nitrogen and oxygen atoms in total. The number of hydrogen-bond donors (Lipinski definition) is 1. The van der Waals surface area contributed by atoms with Crippen molar-refractivity contribution in [1.29, 1.82) is 0 Å². The molecule has 0 saturated heterocycles. The van der Waals surface area contributed by atoms with Crippen molar-refractivity contribution in [2.75, 3.05) is 13.2 Å². The Hall–Kier alpha value is -3.52. The summed E-state index contributed by atoms with van der Waals surface area (Å²) in [5.74, 6) is 0.278. The number of benzene rings is 2. The smallest absolute Gasteiger partial charge is 0.248 e. The zero-order valence-electron chi connectivity index (χ0n) is 15.9. The van der Waals surface area contributed by atoms with Crippen LogP contribution in [0.15, 0.2) is 60.2 Å². The Morgan fingerprint density at radius 1 is 1.07 bits per heavy atom. The van der Waals surface area contributed by atoms with E-state index in [1.165, 1.54) is 29.8 Å². The number of halogens is 1. The van der Waals surface area contributed by atoms with Gasteiger partial charge in [0.15, 0.2) is 0 Å². The monoisotopic (exact) mass is 423 g/mol. The number of ether oxygens (including phenoxy) is 2. The first kappa shape index (κ1) is 19.8. The molecule has 0 bridgehead atoms. The predicted molar refractivity (Wildman–Crippen MR) is 113 cm³/mol. The van der Waals surface area contributed by atoms with E-state index >= 15 is 0 Å². The van der Waals surface area contributed by atoms with Crippen LogP contribution in [0.3, 0.4) is 0 Å². The number of carbonyl (C=O) groups excluding carboxylic acids is 1. The van der Waals surface area contributed by atoms with Crippen molar-refractivity contribution in [2.45, 2.75) is 6.42 Å². The number of fused-ring (bicyclic) bond motifs is 1. The van der Waals surface area contributed by atoms with Gasteiger partial charge in [0.1, 0.15) is 22.7 Å². The summed E-state index contributed by atoms with van der Waals surface area (Å²) in [5.41, 5.74) is 7.46. The van der Waals surface area contributed by atoms with Crippen LogP contribution >= 0.6 is 11.3 Å². The molecule has 30 heavy (non-hydrogen) atoms. The molecule has 2 heterocycles. The van der Waals surface area contributed by atoms with Gasteiger partial charge in [-0.25, -0.2) is 14.4 Å². The van der Waals surface area contributed by atoms with Gasteiger partial charge in [-0.3, -0.25) is 4.79 Å². The van der Waals surface area contributed by atoms with E-state index in [0.29, 0.717) is 36.8 Å². The summed E-state index contributed by atoms with van der Waals surface area (Å²) >= 11 is 1.48. The third kappa shape index (κ3) is 4.38. The summed E-state index contributed by atoms with van der Waals surface area (Å²) < 4.78 is 24.8. The van der Waals surface area contributed by atoms with Gasteiger partial charge in [-0.1, -0.05) is 18.2 Å². The second kappa shape index (κ2) is 8.87. The molecular weight excluding hydrogens is 405 g/mol. The molecule has 152 valence electrons. The molecule has 2 aromatic heterocycles. The minimum Gasteiger partial charge on any atom is -0.493 e. The Morgan fingerprint density at radius 3 is 2.67 bits per heavy atom. The second-order valence-electron chi connectivity index (χ2n) is 6.46. The number of rotatable bonds is 8. The number of hydrogen-bond acceptors (Lipinski definition) is 6. The lowest BCUT2D eigenvalue weighted by Gasteiger charge is -2.09. The molecule has 4 rings (SSSR count). The van der Waals surface area contributed by atoms with Crippen molar-refractivity contribution < 1.29 is 18.7 Å². The number of nitrogens with zero attached hydrogens (tertiary/aromatic N) is 2. The first-order valence-corrected chi connectivity index (χ1v) is 10.1. The molecule has 0 fully saturated rings. The average molecular weight is 423 g/mol. The van der Waals surface area contributed by atoms with Gasteiger partial charge in [0, 0.05) is 22.9 Å². The molecule has 0 atom stereocenters. The van der Waals surface area contributed by atoms with Crippen LogP contribution in [-0.4, -0.2) is 29.1 Å². The van der Waals surface area contributed by atoms with Crippen LogP contribution < -0.4 is 15.2 Å². The molecule has 2 aromatic carbocycles. The quantitative estimate of drug-likeness (QED) is 0.423. The van der Waals surface area contributed by atoms with Gasteiger partial charge in [-0.15, -0.1) is 11.3 Å². The normalized spacial score (nSPS) is 10.8. The van der Waals surface area contributed by atoms with Gasteiger partial charge < -0.3 is 15.2 Å². The van der Waals surface area contributed by atoms with E-state index in [2.05, 4.69) is 9.97 Å². The zero-order valence-corrected chi connectivity index (χ0v) is 16.7. The van der Waals surface area contributed by atoms with Crippen molar-refractivity contribution in [3.05, 3.63) is 71.6 Å². The summed E-state index contributed by atoms with van der Waals surface area (Å²) in [6.07, 6.45) is 2.08. The Morgan fingerprint density at radius 2 is 1.87 bits per heavy atom. The van der Waals surface area contributed by atoms with Gasteiger partial charge in [0.05, 0.1) is 18.6 Å². The molecule has 0 aliphatic carbocycles. The summed E-state index contributed by atoms with van der Waals surface area (Å²) in [5, 5.41) is 2.78. The highest BCUT2D eigenvalue weighted by Gasteiger charge is 2.14. The number of thiophene rings is 1. The first-order chi connectivity index (χ1) is 14.6. The van der Waals surface area contributed by atoms with E-state index < -0.39 is 5.91 Å². The molecule has 0 unspecified atom stereocenters. The third-order valence-corrected chi connectivity index (χ3v) is 5.29. The third-order valence-electron chi connectivity index (χ3n) is 4.41. The fourth-order valence-corrected chi connectivity index (χ4v) is 3.86. The molecule has 8 heteroatoms. The fraction of sp³-hybridized carbons (Fsp3) is 0.136. The predicted octanol–water partition coefficient (Wildman–Crippen LogP) is 4.44. The van der Waals surface area contributed by atoms with Crippen LogP contribution in [0.1, 0.15) is 16.8 Å². The summed E-state index contributed by atoms with van der Waals surface area (Å²) in [6.45, 7) is 0.797. The summed E-state index contributed by atoms with van der Waals surface area (Å²) in [7, 11) is 0. The minimum absolute atomic E-state index is 0.285. The lowest BCUT2D eigenvalue weighted by molar-refractivity contribution is 0.0999.